The molecule has 0 bridgehead atoms. The van der Waals surface area contributed by atoms with E-state index in [1.54, 1.807) is 22.7 Å². The highest BCUT2D eigenvalue weighted by molar-refractivity contribution is 6.03. The molecule has 0 aliphatic carbocycles. The summed E-state index contributed by atoms with van der Waals surface area (Å²) >= 11 is 0. The van der Waals surface area contributed by atoms with Gasteiger partial charge in [-0.3, -0.25) is 9.59 Å². The number of carbonyl (C=O) groups is 2. The van der Waals surface area contributed by atoms with Crippen molar-refractivity contribution in [2.45, 2.75) is 19.4 Å². The van der Waals surface area contributed by atoms with E-state index in [0.717, 1.165) is 17.1 Å². The molecule has 4 rings (SSSR count). The van der Waals surface area contributed by atoms with Crippen molar-refractivity contribution >= 4 is 17.5 Å². The lowest BCUT2D eigenvalue weighted by molar-refractivity contribution is -0.120. The Kier molecular flexibility index (Phi) is 4.69. The van der Waals surface area contributed by atoms with Crippen LogP contribution in [0.4, 0.5) is 5.69 Å². The number of benzene rings is 2. The van der Waals surface area contributed by atoms with Crippen molar-refractivity contribution in [3.63, 3.8) is 0 Å². The molecule has 142 valence electrons. The number of hydrogen-bond donors (Lipinski definition) is 0. The number of anilines is 1. The van der Waals surface area contributed by atoms with E-state index >= 15 is 0 Å². The first-order valence-corrected chi connectivity index (χ1v) is 9.32. The van der Waals surface area contributed by atoms with Gasteiger partial charge in [0.15, 0.2) is 5.69 Å². The summed E-state index contributed by atoms with van der Waals surface area (Å²) < 4.78 is 1.74. The Morgan fingerprint density at radius 3 is 2.29 bits per heavy atom. The molecule has 1 saturated heterocycles. The lowest BCUT2D eigenvalue weighted by Gasteiger charge is -2.23. The number of para-hydroxylation sites is 2. The highest BCUT2D eigenvalue weighted by atomic mass is 16.2. The van der Waals surface area contributed by atoms with E-state index in [1.165, 1.54) is 4.90 Å². The van der Waals surface area contributed by atoms with Crippen molar-refractivity contribution in [2.24, 2.45) is 0 Å². The van der Waals surface area contributed by atoms with Gasteiger partial charge in [0.1, 0.15) is 6.04 Å². The van der Waals surface area contributed by atoms with E-state index in [1.807, 2.05) is 67.6 Å². The van der Waals surface area contributed by atoms with Crippen molar-refractivity contribution < 1.29 is 9.59 Å². The first-order chi connectivity index (χ1) is 13.6. The van der Waals surface area contributed by atoms with Crippen LogP contribution in [-0.2, 0) is 4.79 Å². The molecule has 1 aromatic heterocycles. The molecular weight excluding hydrogens is 352 g/mol. The van der Waals surface area contributed by atoms with Gasteiger partial charge in [0.25, 0.3) is 5.91 Å². The average Bonchev–Trinajstić information content (AvgIpc) is 3.31. The molecule has 0 spiro atoms. The number of amides is 2. The maximum atomic E-state index is 13.0. The van der Waals surface area contributed by atoms with E-state index in [2.05, 4.69) is 5.10 Å². The summed E-state index contributed by atoms with van der Waals surface area (Å²) in [6, 6.07) is 20.5. The summed E-state index contributed by atoms with van der Waals surface area (Å²) in [7, 11) is 1.68. The van der Waals surface area contributed by atoms with E-state index in [9.17, 15) is 9.59 Å². The summed E-state index contributed by atoms with van der Waals surface area (Å²) in [5.74, 6) is -0.299. The first-order valence-electron chi connectivity index (χ1n) is 9.32. The van der Waals surface area contributed by atoms with Gasteiger partial charge >= 0.3 is 0 Å². The van der Waals surface area contributed by atoms with Gasteiger partial charge in [-0.05, 0) is 43.7 Å². The molecule has 1 aliphatic heterocycles. The number of hydrogen-bond acceptors (Lipinski definition) is 3. The molecule has 1 atom stereocenters. The molecule has 1 aliphatic rings. The predicted octanol–water partition coefficient (Wildman–Crippen LogP) is 3.06. The Morgan fingerprint density at radius 1 is 1.04 bits per heavy atom. The van der Waals surface area contributed by atoms with Crippen LogP contribution < -0.4 is 4.90 Å². The Bertz CT molecular complexity index is 998. The molecule has 1 fully saturated rings. The molecule has 0 N–H and O–H groups in total. The average molecular weight is 374 g/mol. The zero-order valence-corrected chi connectivity index (χ0v) is 15.9. The van der Waals surface area contributed by atoms with Crippen LogP contribution >= 0.6 is 0 Å². The Labute approximate surface area is 164 Å². The van der Waals surface area contributed by atoms with Crippen LogP contribution in [0.15, 0.2) is 66.7 Å². The Morgan fingerprint density at radius 2 is 1.64 bits per heavy atom. The van der Waals surface area contributed by atoms with Gasteiger partial charge in [-0.25, -0.2) is 4.68 Å². The van der Waals surface area contributed by atoms with Gasteiger partial charge in [0, 0.05) is 25.0 Å². The van der Waals surface area contributed by atoms with Crippen LogP contribution in [0.1, 0.15) is 22.6 Å². The van der Waals surface area contributed by atoms with Crippen molar-refractivity contribution in [1.29, 1.82) is 0 Å². The standard InChI is InChI=1S/C22H22N4O2/c1-16-15-19(23-26(16)18-11-7-4-8-12-18)21(27)24(2)20-13-14-25(22(20)28)17-9-5-3-6-10-17/h3-12,15,20H,13-14H2,1-2H3. The van der Waals surface area contributed by atoms with E-state index in [-0.39, 0.29) is 11.8 Å². The molecule has 6 nitrogen and oxygen atoms in total. The van der Waals surface area contributed by atoms with E-state index in [0.29, 0.717) is 18.7 Å². The third-order valence-corrected chi connectivity index (χ3v) is 5.14. The van der Waals surface area contributed by atoms with Crippen LogP contribution in [0.5, 0.6) is 0 Å². The van der Waals surface area contributed by atoms with Gasteiger partial charge in [-0.2, -0.15) is 5.10 Å². The fraction of sp³-hybridized carbons (Fsp3) is 0.227. The van der Waals surface area contributed by atoms with E-state index < -0.39 is 6.04 Å². The molecule has 2 amide bonds. The summed E-state index contributed by atoms with van der Waals surface area (Å²) in [6.45, 7) is 2.51. The van der Waals surface area contributed by atoms with Crippen LogP contribution in [-0.4, -0.2) is 46.1 Å². The molecule has 28 heavy (non-hydrogen) atoms. The van der Waals surface area contributed by atoms with Crippen molar-refractivity contribution in [2.75, 3.05) is 18.5 Å². The van der Waals surface area contributed by atoms with Crippen LogP contribution in [0, 0.1) is 6.92 Å². The maximum Gasteiger partial charge on any atom is 0.274 e. The fourth-order valence-corrected chi connectivity index (χ4v) is 3.62. The monoisotopic (exact) mass is 374 g/mol. The zero-order valence-electron chi connectivity index (χ0n) is 15.9. The van der Waals surface area contributed by atoms with Gasteiger partial charge in [0.2, 0.25) is 5.91 Å². The van der Waals surface area contributed by atoms with E-state index in [4.69, 9.17) is 0 Å². The largest absolute Gasteiger partial charge is 0.328 e. The summed E-state index contributed by atoms with van der Waals surface area (Å²) in [4.78, 5) is 29.1. The second-order valence-corrected chi connectivity index (χ2v) is 6.96. The van der Waals surface area contributed by atoms with Crippen molar-refractivity contribution in [3.05, 3.63) is 78.1 Å². The van der Waals surface area contributed by atoms with Gasteiger partial charge in [-0.15, -0.1) is 0 Å². The molecule has 2 heterocycles. The fourth-order valence-electron chi connectivity index (χ4n) is 3.62. The second-order valence-electron chi connectivity index (χ2n) is 6.96. The lowest BCUT2D eigenvalue weighted by atomic mass is 10.2. The van der Waals surface area contributed by atoms with Gasteiger partial charge in [-0.1, -0.05) is 36.4 Å². The first kappa shape index (κ1) is 18.0. The summed E-state index contributed by atoms with van der Waals surface area (Å²) in [5.41, 5.74) is 2.97. The maximum absolute atomic E-state index is 13.0. The molecule has 0 radical (unpaired) electrons. The number of rotatable bonds is 4. The normalized spacial score (nSPS) is 16.4. The molecule has 0 saturated carbocycles. The topological polar surface area (TPSA) is 58.4 Å². The molecule has 2 aromatic carbocycles. The third-order valence-electron chi connectivity index (χ3n) is 5.14. The molecule has 6 heteroatoms. The number of aryl methyl sites for hydroxylation is 1. The van der Waals surface area contributed by atoms with Gasteiger partial charge in [0.05, 0.1) is 5.69 Å². The molecule has 1 unspecified atom stereocenters. The minimum absolute atomic E-state index is 0.0544. The molecule has 3 aromatic rings. The lowest BCUT2D eigenvalue weighted by Crippen LogP contribution is -2.43. The number of nitrogens with zero attached hydrogens (tertiary/aromatic N) is 4. The van der Waals surface area contributed by atoms with Crippen LogP contribution in [0.3, 0.4) is 0 Å². The number of carbonyl (C=O) groups excluding carboxylic acids is 2. The minimum Gasteiger partial charge on any atom is -0.328 e. The molecular formula is C22H22N4O2. The van der Waals surface area contributed by atoms with Crippen LogP contribution in [0.25, 0.3) is 5.69 Å². The minimum atomic E-state index is -0.477. The van der Waals surface area contributed by atoms with Crippen molar-refractivity contribution in [1.82, 2.24) is 14.7 Å². The smallest absolute Gasteiger partial charge is 0.274 e. The summed E-state index contributed by atoms with van der Waals surface area (Å²) in [6.07, 6.45) is 0.605. The zero-order chi connectivity index (χ0) is 19.7. The van der Waals surface area contributed by atoms with Crippen molar-refractivity contribution in [3.8, 4) is 5.69 Å². The summed E-state index contributed by atoms with van der Waals surface area (Å²) in [5, 5.41) is 4.48. The Balaban J connectivity index is 1.54. The SMILES string of the molecule is Cc1cc(C(=O)N(C)C2CCN(c3ccccc3)C2=O)nn1-c1ccccc1. The van der Waals surface area contributed by atoms with Crippen LogP contribution in [0.2, 0.25) is 0 Å². The Hall–Kier alpha value is -3.41. The highest BCUT2D eigenvalue weighted by Crippen LogP contribution is 2.24. The van der Waals surface area contributed by atoms with Gasteiger partial charge < -0.3 is 9.80 Å². The number of likely N-dealkylation sites (N-methyl/N-ethyl adjacent to an activating group) is 1. The number of aromatic nitrogens is 2. The highest BCUT2D eigenvalue weighted by Gasteiger charge is 2.37. The third kappa shape index (κ3) is 3.17. The predicted molar refractivity (Wildman–Crippen MR) is 108 cm³/mol. The second kappa shape index (κ2) is 7.31. The quantitative estimate of drug-likeness (QED) is 0.705.